The number of ether oxygens (including phenoxy) is 1. The number of hydrogen-bond donors (Lipinski definition) is 2. The van der Waals surface area contributed by atoms with Crippen molar-refractivity contribution < 1.29 is 24.5 Å². The van der Waals surface area contributed by atoms with Gasteiger partial charge in [0, 0.05) is 24.0 Å². The first-order chi connectivity index (χ1) is 10.6. The molecule has 1 fully saturated rings. The SMILES string of the molecule is CC(C)(C)OC(=O)C1(O)CCCN1c1ncc(CCC(=O)O)s1. The number of aryl methyl sites for hydroxylation is 1. The number of carboxylic acid groups (broad SMARTS) is 1. The summed E-state index contributed by atoms with van der Waals surface area (Å²) in [5.74, 6) is -1.55. The fourth-order valence-electron chi connectivity index (χ4n) is 2.40. The maximum absolute atomic E-state index is 12.4. The van der Waals surface area contributed by atoms with E-state index < -0.39 is 23.3 Å². The Morgan fingerprint density at radius 2 is 2.17 bits per heavy atom. The van der Waals surface area contributed by atoms with Crippen molar-refractivity contribution in [3.05, 3.63) is 11.1 Å². The Labute approximate surface area is 138 Å². The number of aromatic nitrogens is 1. The van der Waals surface area contributed by atoms with Gasteiger partial charge in [0.2, 0.25) is 5.72 Å². The zero-order chi connectivity index (χ0) is 17.3. The zero-order valence-electron chi connectivity index (χ0n) is 13.5. The molecule has 1 atom stereocenters. The van der Waals surface area contributed by atoms with E-state index in [9.17, 15) is 14.7 Å². The van der Waals surface area contributed by atoms with E-state index in [1.54, 1.807) is 31.9 Å². The molecule has 1 aliphatic heterocycles. The van der Waals surface area contributed by atoms with Gasteiger partial charge in [-0.05, 0) is 33.6 Å². The zero-order valence-corrected chi connectivity index (χ0v) is 14.4. The van der Waals surface area contributed by atoms with E-state index >= 15 is 0 Å². The minimum absolute atomic E-state index is 0.0258. The van der Waals surface area contributed by atoms with Crippen LogP contribution in [0, 0.1) is 0 Å². The van der Waals surface area contributed by atoms with Crippen LogP contribution in [0.15, 0.2) is 6.20 Å². The molecule has 2 heterocycles. The van der Waals surface area contributed by atoms with Crippen molar-refractivity contribution in [2.75, 3.05) is 11.4 Å². The molecule has 1 aliphatic rings. The average molecular weight is 342 g/mol. The number of carbonyl (C=O) groups excluding carboxylic acids is 1. The third kappa shape index (κ3) is 4.20. The van der Waals surface area contributed by atoms with Crippen LogP contribution in [0.2, 0.25) is 0 Å². The summed E-state index contributed by atoms with van der Waals surface area (Å²) in [6.45, 7) is 5.75. The topological polar surface area (TPSA) is 100.0 Å². The number of aliphatic carboxylic acids is 1. The molecular weight excluding hydrogens is 320 g/mol. The van der Waals surface area contributed by atoms with Gasteiger partial charge in [0.15, 0.2) is 5.13 Å². The van der Waals surface area contributed by atoms with Crippen LogP contribution in [0.3, 0.4) is 0 Å². The van der Waals surface area contributed by atoms with Gasteiger partial charge in [-0.3, -0.25) is 4.79 Å². The molecule has 0 amide bonds. The normalized spacial score (nSPS) is 21.5. The van der Waals surface area contributed by atoms with E-state index in [0.717, 1.165) is 4.88 Å². The van der Waals surface area contributed by atoms with Crippen molar-refractivity contribution in [1.29, 1.82) is 0 Å². The van der Waals surface area contributed by atoms with Crippen LogP contribution >= 0.6 is 11.3 Å². The quantitative estimate of drug-likeness (QED) is 0.787. The molecule has 0 saturated carbocycles. The Kier molecular flexibility index (Phi) is 4.95. The second kappa shape index (κ2) is 6.45. The minimum Gasteiger partial charge on any atom is -0.481 e. The Hall–Kier alpha value is -1.67. The molecular formula is C15H22N2O5S. The number of thiazole rings is 1. The standard InChI is InChI=1S/C15H22N2O5S/c1-14(2,3)22-12(20)15(21)7-4-8-17(15)13-16-9-10(23-13)5-6-11(18)19/h9,21H,4-8H2,1-3H3,(H,18,19). The summed E-state index contributed by atoms with van der Waals surface area (Å²) in [5.41, 5.74) is -2.40. The van der Waals surface area contributed by atoms with Crippen LogP contribution in [0.5, 0.6) is 0 Å². The van der Waals surface area contributed by atoms with Gasteiger partial charge in [0.25, 0.3) is 0 Å². The van der Waals surface area contributed by atoms with Gasteiger partial charge in [-0.25, -0.2) is 9.78 Å². The van der Waals surface area contributed by atoms with Crippen LogP contribution in [0.1, 0.15) is 44.9 Å². The molecule has 128 valence electrons. The van der Waals surface area contributed by atoms with Crippen LogP contribution < -0.4 is 4.90 Å². The van der Waals surface area contributed by atoms with E-state index in [0.29, 0.717) is 24.5 Å². The van der Waals surface area contributed by atoms with Gasteiger partial charge in [-0.2, -0.15) is 0 Å². The monoisotopic (exact) mass is 342 g/mol. The fraction of sp³-hybridized carbons (Fsp3) is 0.667. The van der Waals surface area contributed by atoms with Crippen LogP contribution in [-0.2, 0) is 20.7 Å². The maximum Gasteiger partial charge on any atom is 0.360 e. The second-order valence-electron chi connectivity index (χ2n) is 6.58. The predicted octanol–water partition coefficient (Wildman–Crippen LogP) is 1.79. The molecule has 1 aromatic rings. The summed E-state index contributed by atoms with van der Waals surface area (Å²) >= 11 is 1.29. The van der Waals surface area contributed by atoms with Gasteiger partial charge in [0.1, 0.15) is 5.60 Å². The third-order valence-electron chi connectivity index (χ3n) is 3.44. The number of aliphatic hydroxyl groups is 1. The maximum atomic E-state index is 12.4. The first kappa shape index (κ1) is 17.7. The van der Waals surface area contributed by atoms with E-state index in [4.69, 9.17) is 9.84 Å². The van der Waals surface area contributed by atoms with E-state index in [2.05, 4.69) is 4.98 Å². The highest BCUT2D eigenvalue weighted by atomic mass is 32.1. The first-order valence-corrected chi connectivity index (χ1v) is 8.33. The number of carboxylic acids is 1. The van der Waals surface area contributed by atoms with E-state index in [-0.39, 0.29) is 12.8 Å². The highest BCUT2D eigenvalue weighted by molar-refractivity contribution is 7.15. The molecule has 0 aromatic carbocycles. The molecule has 7 nitrogen and oxygen atoms in total. The number of anilines is 1. The lowest BCUT2D eigenvalue weighted by atomic mass is 10.1. The number of rotatable bonds is 5. The Bertz CT molecular complexity index is 595. The molecule has 1 unspecified atom stereocenters. The smallest absolute Gasteiger partial charge is 0.360 e. The lowest BCUT2D eigenvalue weighted by Crippen LogP contribution is -2.53. The number of nitrogens with zero attached hydrogens (tertiary/aromatic N) is 2. The molecule has 2 N–H and O–H groups in total. The Morgan fingerprint density at radius 3 is 2.78 bits per heavy atom. The summed E-state index contributed by atoms with van der Waals surface area (Å²) in [4.78, 5) is 29.6. The van der Waals surface area contributed by atoms with Crippen LogP contribution in [0.25, 0.3) is 0 Å². The number of esters is 1. The van der Waals surface area contributed by atoms with Crippen molar-refractivity contribution in [2.24, 2.45) is 0 Å². The van der Waals surface area contributed by atoms with Crippen molar-refractivity contribution in [3.63, 3.8) is 0 Å². The lowest BCUT2D eigenvalue weighted by molar-refractivity contribution is -0.176. The Morgan fingerprint density at radius 1 is 1.48 bits per heavy atom. The number of carbonyl (C=O) groups is 2. The first-order valence-electron chi connectivity index (χ1n) is 7.52. The molecule has 23 heavy (non-hydrogen) atoms. The van der Waals surface area contributed by atoms with Gasteiger partial charge in [0.05, 0.1) is 6.42 Å². The van der Waals surface area contributed by atoms with E-state index in [1.807, 2.05) is 0 Å². The second-order valence-corrected chi connectivity index (χ2v) is 7.67. The summed E-state index contributed by atoms with van der Waals surface area (Å²) < 4.78 is 5.33. The summed E-state index contributed by atoms with van der Waals surface area (Å²) in [5, 5.41) is 20.0. The molecule has 0 aliphatic carbocycles. The van der Waals surface area contributed by atoms with Gasteiger partial charge in [-0.1, -0.05) is 0 Å². The van der Waals surface area contributed by atoms with Crippen LogP contribution in [0.4, 0.5) is 5.13 Å². The molecule has 0 radical (unpaired) electrons. The van der Waals surface area contributed by atoms with Gasteiger partial charge >= 0.3 is 11.9 Å². The molecule has 8 heteroatoms. The van der Waals surface area contributed by atoms with Crippen molar-refractivity contribution in [1.82, 2.24) is 4.98 Å². The summed E-state index contributed by atoms with van der Waals surface area (Å²) in [7, 11) is 0. The molecule has 1 saturated heterocycles. The highest BCUT2D eigenvalue weighted by Crippen LogP contribution is 2.36. The predicted molar refractivity (Wildman–Crippen MR) is 85.4 cm³/mol. The summed E-state index contributed by atoms with van der Waals surface area (Å²) in [6, 6.07) is 0. The van der Waals surface area contributed by atoms with Crippen molar-refractivity contribution in [3.8, 4) is 0 Å². The Balaban J connectivity index is 2.14. The molecule has 2 rings (SSSR count). The van der Waals surface area contributed by atoms with Gasteiger partial charge in [-0.15, -0.1) is 11.3 Å². The molecule has 0 spiro atoms. The van der Waals surface area contributed by atoms with Gasteiger partial charge < -0.3 is 19.8 Å². The molecule has 1 aromatic heterocycles. The lowest BCUT2D eigenvalue weighted by Gasteiger charge is -2.33. The third-order valence-corrected chi connectivity index (χ3v) is 4.52. The number of hydrogen-bond acceptors (Lipinski definition) is 7. The minimum atomic E-state index is -1.71. The summed E-state index contributed by atoms with van der Waals surface area (Å²) in [6.07, 6.45) is 2.94. The average Bonchev–Trinajstić information content (AvgIpc) is 3.01. The fourth-order valence-corrected chi connectivity index (χ4v) is 3.40. The molecule has 0 bridgehead atoms. The van der Waals surface area contributed by atoms with Crippen LogP contribution in [-0.4, -0.2) is 45.0 Å². The largest absolute Gasteiger partial charge is 0.481 e. The van der Waals surface area contributed by atoms with E-state index in [1.165, 1.54) is 11.3 Å². The van der Waals surface area contributed by atoms with Crippen molar-refractivity contribution >= 4 is 28.4 Å². The highest BCUT2D eigenvalue weighted by Gasteiger charge is 2.49. The van der Waals surface area contributed by atoms with Crippen molar-refractivity contribution in [2.45, 2.75) is 57.8 Å².